The highest BCUT2D eigenvalue weighted by Gasteiger charge is 2.57. The quantitative estimate of drug-likeness (QED) is 0.103. The molecule has 2 aliphatic carbocycles. The summed E-state index contributed by atoms with van der Waals surface area (Å²) >= 11 is 0. The number of nitrogens with zero attached hydrogens (tertiary/aromatic N) is 4. The number of amides is 4. The molecule has 4 fully saturated rings. The Morgan fingerprint density at radius 2 is 1.30 bits per heavy atom. The minimum atomic E-state index is -1.20. The number of methoxy groups -OCH3 is 1. The zero-order valence-corrected chi connectivity index (χ0v) is 32.7. The number of aromatic nitrogens is 4. The first-order valence-corrected chi connectivity index (χ1v) is 20.0. The van der Waals surface area contributed by atoms with E-state index in [4.69, 9.17) is 14.7 Å². The highest BCUT2D eigenvalue weighted by atomic mass is 16.5. The van der Waals surface area contributed by atoms with Crippen LogP contribution in [0.15, 0.2) is 60.8 Å². The number of carbonyl (C=O) groups excluding carboxylic acids is 3. The average Bonchev–Trinajstić information content (AvgIpc) is 3.82. The van der Waals surface area contributed by atoms with E-state index in [0.717, 1.165) is 81.5 Å². The number of piperidine rings is 2. The molecule has 4 aliphatic rings. The van der Waals surface area contributed by atoms with Crippen LogP contribution in [-0.4, -0.2) is 90.1 Å². The van der Waals surface area contributed by atoms with E-state index >= 15 is 0 Å². The van der Waals surface area contributed by atoms with Crippen molar-refractivity contribution in [2.24, 2.45) is 23.7 Å². The van der Waals surface area contributed by atoms with Crippen molar-refractivity contribution < 1.29 is 29.0 Å². The summed E-state index contributed by atoms with van der Waals surface area (Å²) in [5.74, 6) is 1.75. The summed E-state index contributed by atoms with van der Waals surface area (Å²) in [6.45, 7) is 7.55. The van der Waals surface area contributed by atoms with E-state index in [-0.39, 0.29) is 47.8 Å². The van der Waals surface area contributed by atoms with E-state index in [2.05, 4.69) is 69.1 Å². The minimum absolute atomic E-state index is 0.103. The Labute approximate surface area is 329 Å². The van der Waals surface area contributed by atoms with Crippen LogP contribution >= 0.6 is 0 Å². The number of rotatable bonds is 10. The lowest BCUT2D eigenvalue weighted by Crippen LogP contribution is -2.52. The Bertz CT molecular complexity index is 2420. The van der Waals surface area contributed by atoms with Crippen molar-refractivity contribution in [3.8, 4) is 22.4 Å². The number of imidazole rings is 2. The van der Waals surface area contributed by atoms with Gasteiger partial charge in [0.2, 0.25) is 11.8 Å². The molecule has 14 nitrogen and oxygen atoms in total. The van der Waals surface area contributed by atoms with Crippen molar-refractivity contribution in [2.75, 3.05) is 7.11 Å². The van der Waals surface area contributed by atoms with E-state index in [1.807, 2.05) is 49.8 Å². The Hall–Kier alpha value is -5.92. The number of hydrogen-bond donors (Lipinski definition) is 5. The van der Waals surface area contributed by atoms with Crippen molar-refractivity contribution >= 4 is 45.8 Å². The second-order valence-electron chi connectivity index (χ2n) is 17.0. The van der Waals surface area contributed by atoms with Gasteiger partial charge < -0.3 is 40.2 Å². The summed E-state index contributed by atoms with van der Waals surface area (Å²) in [6, 6.07) is 17.2. The maximum atomic E-state index is 13.8. The van der Waals surface area contributed by atoms with Gasteiger partial charge in [-0.15, -0.1) is 0 Å². The molecule has 0 radical (unpaired) electrons. The smallest absolute Gasteiger partial charge is 0.407 e. The molecule has 0 bridgehead atoms. The molecule has 0 unspecified atom stereocenters. The number of benzene rings is 3. The van der Waals surface area contributed by atoms with Gasteiger partial charge in [0.05, 0.1) is 35.9 Å². The van der Waals surface area contributed by atoms with Crippen LogP contribution in [0.2, 0.25) is 0 Å². The third-order valence-corrected chi connectivity index (χ3v) is 12.5. The molecule has 2 saturated carbocycles. The van der Waals surface area contributed by atoms with Crippen molar-refractivity contribution in [3.05, 3.63) is 72.4 Å². The predicted octanol–water partition coefficient (Wildman–Crippen LogP) is 6.77. The van der Waals surface area contributed by atoms with Gasteiger partial charge in [0.25, 0.3) is 0 Å². The van der Waals surface area contributed by atoms with Crippen LogP contribution in [0.3, 0.4) is 0 Å². The summed E-state index contributed by atoms with van der Waals surface area (Å²) in [5, 5.41) is 16.7. The summed E-state index contributed by atoms with van der Waals surface area (Å²) in [6.07, 6.45) is 3.64. The molecule has 14 heteroatoms. The number of aromatic amines is 2. The lowest BCUT2D eigenvalue weighted by atomic mass is 9.99. The van der Waals surface area contributed by atoms with E-state index in [1.54, 1.807) is 0 Å². The van der Waals surface area contributed by atoms with Gasteiger partial charge in [-0.2, -0.15) is 0 Å². The maximum Gasteiger partial charge on any atom is 0.407 e. The maximum absolute atomic E-state index is 13.8. The van der Waals surface area contributed by atoms with Gasteiger partial charge in [0.1, 0.15) is 23.7 Å². The van der Waals surface area contributed by atoms with Gasteiger partial charge in [-0.25, -0.2) is 19.6 Å². The highest BCUT2D eigenvalue weighted by Crippen LogP contribution is 2.54. The number of ether oxygens (including phenoxy) is 1. The molecule has 5 N–H and O–H groups in total. The zero-order chi connectivity index (χ0) is 39.9. The molecule has 2 saturated heterocycles. The first-order valence-electron chi connectivity index (χ1n) is 20.0. The number of hydrogen-bond acceptors (Lipinski definition) is 7. The Kier molecular flexibility index (Phi) is 8.97. The van der Waals surface area contributed by atoms with Crippen molar-refractivity contribution in [1.82, 2.24) is 40.4 Å². The Balaban J connectivity index is 0.926. The summed E-state index contributed by atoms with van der Waals surface area (Å²) in [5.41, 5.74) is 5.53. The Morgan fingerprint density at radius 3 is 1.91 bits per heavy atom. The van der Waals surface area contributed by atoms with Gasteiger partial charge in [0, 0.05) is 23.8 Å². The van der Waals surface area contributed by atoms with Gasteiger partial charge >= 0.3 is 12.2 Å². The van der Waals surface area contributed by atoms with E-state index in [1.165, 1.54) is 7.11 Å². The largest absolute Gasteiger partial charge is 0.465 e. The second kappa shape index (κ2) is 13.9. The molecule has 9 rings (SSSR count). The topological polar surface area (TPSA) is 186 Å². The van der Waals surface area contributed by atoms with Crippen molar-refractivity contribution in [2.45, 2.75) is 89.6 Å². The van der Waals surface area contributed by atoms with Crippen LogP contribution in [0.4, 0.5) is 9.59 Å². The van der Waals surface area contributed by atoms with E-state index < -0.39 is 24.3 Å². The van der Waals surface area contributed by atoms with Crippen LogP contribution < -0.4 is 10.6 Å². The average molecular weight is 773 g/mol. The number of likely N-dealkylation sites (tertiary alicyclic amines) is 2. The molecule has 5 aromatic rings. The molecule has 2 aliphatic heterocycles. The fraction of sp³-hybridized carbons (Fsp3) is 0.442. The molecule has 8 atom stereocenters. The molecule has 0 spiro atoms. The van der Waals surface area contributed by atoms with Crippen LogP contribution in [0.5, 0.6) is 0 Å². The van der Waals surface area contributed by atoms with Gasteiger partial charge in [-0.1, -0.05) is 58.0 Å². The molecule has 296 valence electrons. The molecule has 4 amide bonds. The van der Waals surface area contributed by atoms with Gasteiger partial charge in [-0.05, 0) is 95.5 Å². The lowest BCUT2D eigenvalue weighted by molar-refractivity contribution is -0.137. The standard InChI is InChI=1S/C43H48N8O6/c1-20(2)36(48-42(54)55)40(52)51-33-16-28(33)18-35(51)39-45-29-11-10-25(14-30(29)46-39)23-6-7-24-13-26(9-8-22(24)12-23)31-19-44-38(47-31)34-17-27-15-32(27)50(34)41(53)37(21(3)4)49-43(56)57-5/h6-14,19-21,27-28,32-37,48H,15-18H2,1-5H3,(H,44,47)(H,45,46)(H,49,56)(H,54,55)/t27-,28-,32-,33-,34+,35+,36+,37+/m1/s1. The molecule has 3 aromatic carbocycles. The van der Waals surface area contributed by atoms with Gasteiger partial charge in [0.15, 0.2) is 0 Å². The van der Waals surface area contributed by atoms with Crippen LogP contribution in [0.25, 0.3) is 44.2 Å². The van der Waals surface area contributed by atoms with Crippen LogP contribution in [0.1, 0.15) is 77.1 Å². The minimum Gasteiger partial charge on any atom is -0.465 e. The normalized spacial score (nSPS) is 24.4. The monoisotopic (exact) mass is 772 g/mol. The third kappa shape index (κ3) is 6.64. The van der Waals surface area contributed by atoms with Crippen molar-refractivity contribution in [3.63, 3.8) is 0 Å². The number of alkyl carbamates (subject to hydrolysis) is 1. The fourth-order valence-electron chi connectivity index (χ4n) is 9.30. The third-order valence-electron chi connectivity index (χ3n) is 12.5. The highest BCUT2D eigenvalue weighted by molar-refractivity contribution is 5.92. The summed E-state index contributed by atoms with van der Waals surface area (Å²) in [4.78, 5) is 71.7. The number of carboxylic acid groups (broad SMARTS) is 1. The summed E-state index contributed by atoms with van der Waals surface area (Å²) < 4.78 is 4.80. The molecular weight excluding hydrogens is 725 g/mol. The number of carbonyl (C=O) groups is 4. The molecule has 4 heterocycles. The molecule has 57 heavy (non-hydrogen) atoms. The first-order chi connectivity index (χ1) is 27.4. The fourth-order valence-corrected chi connectivity index (χ4v) is 9.30. The molecule has 2 aromatic heterocycles. The van der Waals surface area contributed by atoms with E-state index in [0.29, 0.717) is 11.8 Å². The van der Waals surface area contributed by atoms with Crippen molar-refractivity contribution in [1.29, 1.82) is 0 Å². The van der Waals surface area contributed by atoms with Gasteiger partial charge in [-0.3, -0.25) is 9.59 Å². The predicted molar refractivity (Wildman–Crippen MR) is 213 cm³/mol. The molecular formula is C43H48N8O6. The van der Waals surface area contributed by atoms with Crippen LogP contribution in [0, 0.1) is 23.7 Å². The summed E-state index contributed by atoms with van der Waals surface area (Å²) in [7, 11) is 1.30. The Morgan fingerprint density at radius 1 is 0.737 bits per heavy atom. The van der Waals surface area contributed by atoms with E-state index in [9.17, 15) is 24.3 Å². The first kappa shape index (κ1) is 36.7. The number of H-pyrrole nitrogens is 2. The number of fused-ring (bicyclic) bond motifs is 4. The number of nitrogens with one attached hydrogen (secondary N) is 4. The SMILES string of the molecule is COC(=O)N[C@H](C(=O)N1[C@@H]2C[C@@H]2C[C@H]1c1nc(-c2ccc3cc(-c4ccc5[nH]c([C@@H]6C[C@H]7C[C@H]7N6C(=O)[C@@H](NC(=O)O)C(C)C)nc5c4)ccc3c2)c[nH]1)C(C)C. The lowest BCUT2D eigenvalue weighted by Gasteiger charge is -2.31. The zero-order valence-electron chi connectivity index (χ0n) is 32.7. The van der Waals surface area contributed by atoms with Crippen LogP contribution in [-0.2, 0) is 14.3 Å². The second-order valence-corrected chi connectivity index (χ2v) is 17.0.